The topological polar surface area (TPSA) is 42.4 Å². The summed E-state index contributed by atoms with van der Waals surface area (Å²) in [5.41, 5.74) is 0.393. The highest BCUT2D eigenvalue weighted by Gasteiger charge is 2.31. The van der Waals surface area contributed by atoms with E-state index < -0.39 is 5.60 Å². The van der Waals surface area contributed by atoms with Gasteiger partial charge in [0.05, 0.1) is 22.9 Å². The molecule has 1 unspecified atom stereocenters. The van der Waals surface area contributed by atoms with Crippen LogP contribution in [0.5, 0.6) is 0 Å². The Labute approximate surface area is 94.1 Å². The minimum Gasteiger partial charge on any atom is -0.387 e. The third kappa shape index (κ3) is 2.56. The van der Waals surface area contributed by atoms with Crippen LogP contribution in [-0.4, -0.2) is 28.9 Å². The van der Waals surface area contributed by atoms with Crippen LogP contribution in [0.2, 0.25) is 0 Å². The second-order valence-corrected chi connectivity index (χ2v) is 5.59. The van der Waals surface area contributed by atoms with E-state index in [2.05, 4.69) is 11.9 Å². The van der Waals surface area contributed by atoms with Crippen molar-refractivity contribution in [2.45, 2.75) is 38.7 Å². The molecule has 1 aliphatic heterocycles. The van der Waals surface area contributed by atoms with Gasteiger partial charge in [-0.1, -0.05) is 0 Å². The van der Waals surface area contributed by atoms with Crippen LogP contribution in [0.4, 0.5) is 0 Å². The zero-order chi connectivity index (χ0) is 10.9. The third-order valence-corrected chi connectivity index (χ3v) is 3.93. The molecule has 0 radical (unpaired) electrons. The van der Waals surface area contributed by atoms with Gasteiger partial charge < -0.3 is 9.84 Å². The fourth-order valence-corrected chi connectivity index (χ4v) is 2.94. The van der Waals surface area contributed by atoms with Gasteiger partial charge in [0.25, 0.3) is 0 Å². The van der Waals surface area contributed by atoms with Gasteiger partial charge in [-0.15, -0.1) is 11.3 Å². The lowest BCUT2D eigenvalue weighted by Crippen LogP contribution is -2.40. The van der Waals surface area contributed by atoms with Crippen molar-refractivity contribution in [3.63, 3.8) is 0 Å². The largest absolute Gasteiger partial charge is 0.387 e. The van der Waals surface area contributed by atoms with Gasteiger partial charge in [0.2, 0.25) is 0 Å². The van der Waals surface area contributed by atoms with Crippen molar-refractivity contribution in [1.29, 1.82) is 0 Å². The zero-order valence-corrected chi connectivity index (χ0v) is 10.1. The number of aliphatic hydroxyl groups is 1. The average Bonchev–Trinajstić information content (AvgIpc) is 2.46. The number of hydrogen-bond donors (Lipinski definition) is 1. The second-order valence-electron chi connectivity index (χ2n) is 4.31. The first-order chi connectivity index (χ1) is 7.09. The Balaban J connectivity index is 2.06. The first-order valence-corrected chi connectivity index (χ1v) is 6.14. The highest BCUT2D eigenvalue weighted by atomic mass is 32.1. The number of thiazole rings is 1. The van der Waals surface area contributed by atoms with Gasteiger partial charge in [0.1, 0.15) is 0 Å². The van der Waals surface area contributed by atoms with Crippen LogP contribution in [0.25, 0.3) is 0 Å². The molecule has 1 saturated heterocycles. The Bertz CT molecular complexity index is 323. The first kappa shape index (κ1) is 11.0. The van der Waals surface area contributed by atoms with E-state index in [9.17, 15) is 5.11 Å². The molecule has 1 N–H and O–H groups in total. The van der Waals surface area contributed by atoms with E-state index in [0.717, 1.165) is 30.2 Å². The number of aromatic nitrogens is 1. The van der Waals surface area contributed by atoms with Crippen LogP contribution in [0.15, 0.2) is 0 Å². The Morgan fingerprint density at radius 3 is 2.87 bits per heavy atom. The number of aryl methyl sites for hydroxylation is 2. The predicted molar refractivity (Wildman–Crippen MR) is 60.3 cm³/mol. The second kappa shape index (κ2) is 4.20. The Hall–Kier alpha value is -0.450. The molecule has 1 aliphatic rings. The fourth-order valence-electron chi connectivity index (χ4n) is 1.87. The van der Waals surface area contributed by atoms with Crippen molar-refractivity contribution in [2.75, 3.05) is 13.2 Å². The minimum absolute atomic E-state index is 0.449. The number of hydrogen-bond acceptors (Lipinski definition) is 4. The summed E-state index contributed by atoms with van der Waals surface area (Å²) in [6, 6.07) is 0. The molecule has 84 valence electrons. The molecule has 3 nitrogen and oxygen atoms in total. The predicted octanol–water partition coefficient (Wildman–Crippen LogP) is 1.84. The normalized spacial score (nSPS) is 26.9. The van der Waals surface area contributed by atoms with Gasteiger partial charge in [-0.05, 0) is 26.7 Å². The molecule has 0 aromatic carbocycles. The van der Waals surface area contributed by atoms with E-state index in [-0.39, 0.29) is 0 Å². The summed E-state index contributed by atoms with van der Waals surface area (Å²) >= 11 is 1.68. The van der Waals surface area contributed by atoms with Gasteiger partial charge in [-0.2, -0.15) is 0 Å². The van der Waals surface area contributed by atoms with Crippen LogP contribution < -0.4 is 0 Å². The lowest BCUT2D eigenvalue weighted by molar-refractivity contribution is -0.0845. The maximum atomic E-state index is 10.3. The summed E-state index contributed by atoms with van der Waals surface area (Å²) in [6.45, 7) is 5.30. The maximum Gasteiger partial charge on any atom is 0.0960 e. The first-order valence-electron chi connectivity index (χ1n) is 5.32. The molecule has 2 heterocycles. The van der Waals surface area contributed by atoms with Crippen LogP contribution in [-0.2, 0) is 11.2 Å². The van der Waals surface area contributed by atoms with Gasteiger partial charge >= 0.3 is 0 Å². The molecule has 1 aromatic rings. The fraction of sp³-hybridized carbons (Fsp3) is 0.727. The molecule has 15 heavy (non-hydrogen) atoms. The van der Waals surface area contributed by atoms with Gasteiger partial charge in [0.15, 0.2) is 0 Å². The monoisotopic (exact) mass is 227 g/mol. The van der Waals surface area contributed by atoms with Crippen molar-refractivity contribution < 1.29 is 9.84 Å². The molecule has 0 saturated carbocycles. The molecule has 4 heteroatoms. The standard InChI is InChI=1S/C11H17NO2S/c1-8-9(2)15-10(12-8)6-11(13)4-3-5-14-7-11/h13H,3-7H2,1-2H3. The molecule has 1 atom stereocenters. The van der Waals surface area contributed by atoms with Gasteiger partial charge in [0, 0.05) is 17.9 Å². The zero-order valence-electron chi connectivity index (χ0n) is 9.25. The van der Waals surface area contributed by atoms with Crippen molar-refractivity contribution in [3.8, 4) is 0 Å². The molecule has 0 spiro atoms. The summed E-state index contributed by atoms with van der Waals surface area (Å²) in [6.07, 6.45) is 2.40. The van der Waals surface area contributed by atoms with E-state index in [1.807, 2.05) is 6.92 Å². The molecule has 0 aliphatic carbocycles. The maximum absolute atomic E-state index is 10.3. The summed E-state index contributed by atoms with van der Waals surface area (Å²) in [5.74, 6) is 0. The Morgan fingerprint density at radius 1 is 1.53 bits per heavy atom. The minimum atomic E-state index is -0.686. The van der Waals surface area contributed by atoms with E-state index >= 15 is 0 Å². The van der Waals surface area contributed by atoms with Crippen molar-refractivity contribution in [2.24, 2.45) is 0 Å². The van der Waals surface area contributed by atoms with Crippen LogP contribution >= 0.6 is 11.3 Å². The molecule has 0 bridgehead atoms. The Kier molecular flexibility index (Phi) is 3.09. The van der Waals surface area contributed by atoms with E-state index in [1.165, 1.54) is 4.88 Å². The number of rotatable bonds is 2. The van der Waals surface area contributed by atoms with Crippen LogP contribution in [0.3, 0.4) is 0 Å². The van der Waals surface area contributed by atoms with Crippen LogP contribution in [0, 0.1) is 13.8 Å². The van der Waals surface area contributed by atoms with Gasteiger partial charge in [-0.3, -0.25) is 0 Å². The van der Waals surface area contributed by atoms with Crippen molar-refractivity contribution >= 4 is 11.3 Å². The van der Waals surface area contributed by atoms with E-state index in [4.69, 9.17) is 4.74 Å². The molecule has 1 fully saturated rings. The highest BCUT2D eigenvalue weighted by molar-refractivity contribution is 7.11. The van der Waals surface area contributed by atoms with Crippen LogP contribution in [0.1, 0.15) is 28.4 Å². The molecule has 1 aromatic heterocycles. The molecule has 2 rings (SSSR count). The summed E-state index contributed by atoms with van der Waals surface area (Å²) in [5, 5.41) is 11.3. The lowest BCUT2D eigenvalue weighted by atomic mass is 9.93. The smallest absolute Gasteiger partial charge is 0.0960 e. The van der Waals surface area contributed by atoms with Crippen molar-refractivity contribution in [3.05, 3.63) is 15.6 Å². The van der Waals surface area contributed by atoms with E-state index in [1.54, 1.807) is 11.3 Å². The van der Waals surface area contributed by atoms with E-state index in [0.29, 0.717) is 13.0 Å². The van der Waals surface area contributed by atoms with Gasteiger partial charge in [-0.25, -0.2) is 4.98 Å². The average molecular weight is 227 g/mol. The molecular weight excluding hydrogens is 210 g/mol. The SMILES string of the molecule is Cc1nc(CC2(O)CCCOC2)sc1C. The summed E-state index contributed by atoms with van der Waals surface area (Å²) < 4.78 is 5.32. The quantitative estimate of drug-likeness (QED) is 0.838. The number of nitrogens with zero attached hydrogens (tertiary/aromatic N) is 1. The summed E-state index contributed by atoms with van der Waals surface area (Å²) in [4.78, 5) is 5.69. The Morgan fingerprint density at radius 2 is 2.33 bits per heavy atom. The highest BCUT2D eigenvalue weighted by Crippen LogP contribution is 2.26. The summed E-state index contributed by atoms with van der Waals surface area (Å²) in [7, 11) is 0. The van der Waals surface area contributed by atoms with Crippen molar-refractivity contribution in [1.82, 2.24) is 4.98 Å². The molecule has 0 amide bonds. The lowest BCUT2D eigenvalue weighted by Gasteiger charge is -2.31. The third-order valence-electron chi connectivity index (χ3n) is 2.85. The molecular formula is C11H17NO2S. The number of ether oxygens (including phenoxy) is 1.